The van der Waals surface area contributed by atoms with Gasteiger partial charge >= 0.3 is 0 Å². The highest BCUT2D eigenvalue weighted by atomic mass is 35.5. The van der Waals surface area contributed by atoms with Gasteiger partial charge in [-0.3, -0.25) is 0 Å². The molecule has 2 rings (SSSR count). The standard InChI is InChI=1S/C14H15Cl2N/c1-9-5-3-4-6-14(9)17-11-7-12(15)10(2)13(16)8-11/h4,6-8,17H,3,5H2,1-2H3. The molecule has 0 bridgehead atoms. The molecule has 17 heavy (non-hydrogen) atoms. The quantitative estimate of drug-likeness (QED) is 0.763. The van der Waals surface area contributed by atoms with E-state index in [0.717, 1.165) is 29.8 Å². The van der Waals surface area contributed by atoms with Crippen LogP contribution in [0.1, 0.15) is 25.3 Å². The fourth-order valence-electron chi connectivity index (χ4n) is 1.80. The summed E-state index contributed by atoms with van der Waals surface area (Å²) < 4.78 is 0. The number of hydrogen-bond donors (Lipinski definition) is 1. The Morgan fingerprint density at radius 1 is 1.12 bits per heavy atom. The van der Waals surface area contributed by atoms with Crippen LogP contribution in [0, 0.1) is 6.92 Å². The predicted octanol–water partition coefficient (Wildman–Crippen LogP) is 5.34. The van der Waals surface area contributed by atoms with Crippen LogP contribution >= 0.6 is 23.2 Å². The lowest BCUT2D eigenvalue weighted by atomic mass is 10.0. The first-order valence-electron chi connectivity index (χ1n) is 5.67. The van der Waals surface area contributed by atoms with Gasteiger partial charge in [0.2, 0.25) is 0 Å². The molecule has 1 N–H and O–H groups in total. The van der Waals surface area contributed by atoms with Crippen molar-refractivity contribution in [2.24, 2.45) is 0 Å². The second-order valence-electron chi connectivity index (χ2n) is 4.32. The Labute approximate surface area is 112 Å². The van der Waals surface area contributed by atoms with Crippen LogP contribution in [0.4, 0.5) is 5.69 Å². The Morgan fingerprint density at radius 3 is 2.35 bits per heavy atom. The molecule has 90 valence electrons. The first-order valence-corrected chi connectivity index (χ1v) is 6.42. The van der Waals surface area contributed by atoms with E-state index in [4.69, 9.17) is 23.2 Å². The third-order valence-corrected chi connectivity index (χ3v) is 3.78. The van der Waals surface area contributed by atoms with Crippen molar-refractivity contribution >= 4 is 28.9 Å². The van der Waals surface area contributed by atoms with E-state index in [1.807, 2.05) is 19.1 Å². The van der Waals surface area contributed by atoms with Crippen LogP contribution in [0.25, 0.3) is 0 Å². The summed E-state index contributed by atoms with van der Waals surface area (Å²) in [6, 6.07) is 3.82. The SMILES string of the molecule is CC1=C(Nc2cc(Cl)c(C)c(Cl)c2)C=CCC1. The van der Waals surface area contributed by atoms with Gasteiger partial charge in [0.05, 0.1) is 0 Å². The summed E-state index contributed by atoms with van der Waals surface area (Å²) in [5.41, 5.74) is 4.36. The summed E-state index contributed by atoms with van der Waals surface area (Å²) in [5.74, 6) is 0. The molecule has 0 saturated carbocycles. The minimum absolute atomic E-state index is 0.693. The van der Waals surface area contributed by atoms with Crippen LogP contribution in [0.3, 0.4) is 0 Å². The highest BCUT2D eigenvalue weighted by Crippen LogP contribution is 2.30. The molecule has 0 aromatic heterocycles. The average molecular weight is 268 g/mol. The lowest BCUT2D eigenvalue weighted by Gasteiger charge is -2.16. The van der Waals surface area contributed by atoms with Crippen LogP contribution in [0.2, 0.25) is 10.0 Å². The van der Waals surface area contributed by atoms with E-state index in [0.29, 0.717) is 10.0 Å². The maximum absolute atomic E-state index is 6.11. The number of benzene rings is 1. The minimum Gasteiger partial charge on any atom is -0.355 e. The molecule has 0 radical (unpaired) electrons. The summed E-state index contributed by atoms with van der Waals surface area (Å²) in [6.07, 6.45) is 6.51. The second kappa shape index (κ2) is 5.16. The topological polar surface area (TPSA) is 12.0 Å². The number of rotatable bonds is 2. The maximum Gasteiger partial charge on any atom is 0.0470 e. The number of halogens is 2. The Kier molecular flexibility index (Phi) is 3.80. The molecule has 0 atom stereocenters. The molecular formula is C14H15Cl2N. The zero-order valence-corrected chi connectivity index (χ0v) is 11.5. The summed E-state index contributed by atoms with van der Waals surface area (Å²) in [5, 5.41) is 4.75. The van der Waals surface area contributed by atoms with Crippen molar-refractivity contribution < 1.29 is 0 Å². The van der Waals surface area contributed by atoms with Crippen molar-refractivity contribution in [1.29, 1.82) is 0 Å². The molecule has 0 unspecified atom stereocenters. The number of hydrogen-bond acceptors (Lipinski definition) is 1. The summed E-state index contributed by atoms with van der Waals surface area (Å²) in [7, 11) is 0. The smallest absolute Gasteiger partial charge is 0.0470 e. The minimum atomic E-state index is 0.693. The molecule has 0 heterocycles. The molecule has 1 aliphatic rings. The lowest BCUT2D eigenvalue weighted by molar-refractivity contribution is 0.941. The van der Waals surface area contributed by atoms with Gasteiger partial charge in [-0.25, -0.2) is 0 Å². The van der Waals surface area contributed by atoms with Gasteiger partial charge in [-0.15, -0.1) is 0 Å². The van der Waals surface area contributed by atoms with Crippen LogP contribution in [0.5, 0.6) is 0 Å². The van der Waals surface area contributed by atoms with Crippen molar-refractivity contribution in [3.63, 3.8) is 0 Å². The van der Waals surface area contributed by atoms with E-state index in [1.54, 1.807) is 0 Å². The number of nitrogens with one attached hydrogen (secondary N) is 1. The summed E-state index contributed by atoms with van der Waals surface area (Å²) in [4.78, 5) is 0. The van der Waals surface area contributed by atoms with E-state index in [2.05, 4.69) is 24.4 Å². The highest BCUT2D eigenvalue weighted by molar-refractivity contribution is 6.36. The third kappa shape index (κ3) is 2.85. The first kappa shape index (κ1) is 12.5. The van der Waals surface area contributed by atoms with Crippen molar-refractivity contribution in [3.8, 4) is 0 Å². The monoisotopic (exact) mass is 267 g/mol. The van der Waals surface area contributed by atoms with Crippen molar-refractivity contribution in [2.45, 2.75) is 26.7 Å². The largest absolute Gasteiger partial charge is 0.355 e. The first-order chi connectivity index (χ1) is 8.08. The molecule has 0 fully saturated rings. The van der Waals surface area contributed by atoms with E-state index in [-0.39, 0.29) is 0 Å². The predicted molar refractivity (Wildman–Crippen MR) is 75.9 cm³/mol. The molecule has 0 saturated heterocycles. The van der Waals surface area contributed by atoms with E-state index in [1.165, 1.54) is 5.57 Å². The molecule has 1 nitrogen and oxygen atoms in total. The molecule has 3 heteroatoms. The van der Waals surface area contributed by atoms with Crippen LogP contribution < -0.4 is 5.32 Å². The Balaban J connectivity index is 2.28. The molecule has 1 aromatic carbocycles. The maximum atomic E-state index is 6.11. The van der Waals surface area contributed by atoms with Crippen LogP contribution in [-0.2, 0) is 0 Å². The van der Waals surface area contributed by atoms with Crippen LogP contribution in [-0.4, -0.2) is 0 Å². The Bertz CT molecular complexity index is 478. The van der Waals surface area contributed by atoms with Gasteiger partial charge in [0, 0.05) is 21.4 Å². The summed E-state index contributed by atoms with van der Waals surface area (Å²) >= 11 is 12.2. The normalized spacial score (nSPS) is 15.3. The van der Waals surface area contributed by atoms with Gasteiger partial charge in [-0.2, -0.15) is 0 Å². The second-order valence-corrected chi connectivity index (χ2v) is 5.14. The Hall–Kier alpha value is -0.920. The fourth-order valence-corrected chi connectivity index (χ4v) is 2.29. The average Bonchev–Trinajstić information content (AvgIpc) is 2.29. The zero-order chi connectivity index (χ0) is 12.4. The number of anilines is 1. The Morgan fingerprint density at radius 2 is 1.76 bits per heavy atom. The molecule has 1 aromatic rings. The van der Waals surface area contributed by atoms with E-state index >= 15 is 0 Å². The fraction of sp³-hybridized carbons (Fsp3) is 0.286. The molecular weight excluding hydrogens is 253 g/mol. The van der Waals surface area contributed by atoms with Gasteiger partial charge in [0.15, 0.2) is 0 Å². The van der Waals surface area contributed by atoms with Gasteiger partial charge in [-0.1, -0.05) is 29.3 Å². The lowest BCUT2D eigenvalue weighted by Crippen LogP contribution is -2.03. The zero-order valence-electron chi connectivity index (χ0n) is 9.98. The molecule has 0 aliphatic heterocycles. The molecule has 1 aliphatic carbocycles. The van der Waals surface area contributed by atoms with Crippen molar-refractivity contribution in [1.82, 2.24) is 0 Å². The number of allylic oxidation sites excluding steroid dienone is 3. The molecule has 0 spiro atoms. The van der Waals surface area contributed by atoms with Gasteiger partial charge in [0.1, 0.15) is 0 Å². The summed E-state index contributed by atoms with van der Waals surface area (Å²) in [6.45, 7) is 4.06. The van der Waals surface area contributed by atoms with Gasteiger partial charge < -0.3 is 5.32 Å². The highest BCUT2D eigenvalue weighted by Gasteiger charge is 2.07. The third-order valence-electron chi connectivity index (χ3n) is 2.99. The van der Waals surface area contributed by atoms with E-state index in [9.17, 15) is 0 Å². The van der Waals surface area contributed by atoms with Crippen molar-refractivity contribution in [3.05, 3.63) is 51.2 Å². The van der Waals surface area contributed by atoms with Crippen LogP contribution in [0.15, 0.2) is 35.6 Å². The van der Waals surface area contributed by atoms with E-state index < -0.39 is 0 Å². The van der Waals surface area contributed by atoms with Crippen molar-refractivity contribution in [2.75, 3.05) is 5.32 Å². The van der Waals surface area contributed by atoms with Gasteiger partial charge in [-0.05, 0) is 56.0 Å². The molecule has 0 amide bonds. The van der Waals surface area contributed by atoms with Gasteiger partial charge in [0.25, 0.3) is 0 Å².